The molecule has 0 aliphatic rings. The Balaban J connectivity index is 1.54. The van der Waals surface area contributed by atoms with Crippen LogP contribution in [-0.2, 0) is 24.1 Å². The molecule has 0 N–H and O–H groups in total. The van der Waals surface area contributed by atoms with Gasteiger partial charge in [-0.15, -0.1) is 11.3 Å². The number of ether oxygens (including phenoxy) is 1. The van der Waals surface area contributed by atoms with Gasteiger partial charge in [-0.25, -0.2) is 9.78 Å². The van der Waals surface area contributed by atoms with Crippen LogP contribution in [0.3, 0.4) is 0 Å². The third kappa shape index (κ3) is 4.11. The van der Waals surface area contributed by atoms with E-state index in [1.54, 1.807) is 11.3 Å². The van der Waals surface area contributed by atoms with Crippen LogP contribution in [0.4, 0.5) is 0 Å². The minimum atomic E-state index is -0.268. The maximum atomic E-state index is 12.3. The molecule has 124 valence electrons. The molecule has 0 atom stereocenters. The van der Waals surface area contributed by atoms with E-state index in [-0.39, 0.29) is 5.97 Å². The molecular formula is C19H20N2O2S. The molecule has 2 heterocycles. The molecule has 5 heteroatoms. The zero-order chi connectivity index (χ0) is 16.8. The van der Waals surface area contributed by atoms with E-state index in [1.807, 2.05) is 53.5 Å². The highest BCUT2D eigenvalue weighted by Gasteiger charge is 2.13. The summed E-state index contributed by atoms with van der Waals surface area (Å²) in [6.45, 7) is 3.11. The highest BCUT2D eigenvalue weighted by atomic mass is 32.1. The molecule has 4 nitrogen and oxygen atoms in total. The number of hydrogen-bond donors (Lipinski definition) is 0. The number of aryl methyl sites for hydroxylation is 3. The van der Waals surface area contributed by atoms with Crippen LogP contribution >= 0.6 is 11.3 Å². The predicted octanol–water partition coefficient (Wildman–Crippen LogP) is 3.90. The molecule has 0 amide bonds. The van der Waals surface area contributed by atoms with Crippen molar-refractivity contribution in [2.24, 2.45) is 0 Å². The lowest BCUT2D eigenvalue weighted by Gasteiger charge is -2.09. The zero-order valence-electron chi connectivity index (χ0n) is 13.6. The smallest absolute Gasteiger partial charge is 0.354 e. The molecule has 0 saturated heterocycles. The third-order valence-corrected chi connectivity index (χ3v) is 4.92. The van der Waals surface area contributed by atoms with Crippen molar-refractivity contribution >= 4 is 17.3 Å². The molecule has 0 saturated carbocycles. The monoisotopic (exact) mass is 340 g/mol. The number of hydrogen-bond acceptors (Lipinski definition) is 4. The van der Waals surface area contributed by atoms with Crippen LogP contribution in [0, 0.1) is 6.92 Å². The van der Waals surface area contributed by atoms with Crippen molar-refractivity contribution < 1.29 is 9.53 Å². The molecule has 0 unspecified atom stereocenters. The Morgan fingerprint density at radius 2 is 2.00 bits per heavy atom. The maximum absolute atomic E-state index is 12.3. The van der Waals surface area contributed by atoms with Gasteiger partial charge in [0, 0.05) is 24.0 Å². The van der Waals surface area contributed by atoms with Gasteiger partial charge in [0.2, 0.25) is 0 Å². The van der Waals surface area contributed by atoms with E-state index in [0.717, 1.165) is 18.7 Å². The molecule has 0 radical (unpaired) electrons. The second-order valence-corrected chi connectivity index (χ2v) is 6.51. The zero-order valence-corrected chi connectivity index (χ0v) is 14.5. The molecule has 3 rings (SSSR count). The van der Waals surface area contributed by atoms with Crippen molar-refractivity contribution in [2.45, 2.75) is 26.3 Å². The van der Waals surface area contributed by atoms with Gasteiger partial charge < -0.3 is 9.30 Å². The first-order valence-electron chi connectivity index (χ1n) is 7.99. The lowest BCUT2D eigenvalue weighted by atomic mass is 10.1. The molecule has 0 fully saturated rings. The van der Waals surface area contributed by atoms with Gasteiger partial charge in [-0.2, -0.15) is 0 Å². The Labute approximate surface area is 145 Å². The van der Waals surface area contributed by atoms with E-state index in [4.69, 9.17) is 4.74 Å². The summed E-state index contributed by atoms with van der Waals surface area (Å²) in [6.07, 6.45) is 3.52. The van der Waals surface area contributed by atoms with Gasteiger partial charge in [-0.3, -0.25) is 0 Å². The number of nitrogens with zero attached hydrogens (tertiary/aromatic N) is 2. The average Bonchev–Trinajstić information content (AvgIpc) is 3.23. The fourth-order valence-electron chi connectivity index (χ4n) is 2.57. The van der Waals surface area contributed by atoms with Crippen molar-refractivity contribution in [3.8, 4) is 0 Å². The topological polar surface area (TPSA) is 44.1 Å². The number of benzene rings is 1. The van der Waals surface area contributed by atoms with Gasteiger partial charge in [-0.1, -0.05) is 30.3 Å². The SMILES string of the molecule is Cc1ncsc1CCOC(=O)c1cccn1CCc1ccccc1. The number of carbonyl (C=O) groups excluding carboxylic acids is 1. The highest BCUT2D eigenvalue weighted by molar-refractivity contribution is 7.09. The van der Waals surface area contributed by atoms with E-state index in [9.17, 15) is 4.79 Å². The number of aromatic nitrogens is 2. The first-order chi connectivity index (χ1) is 11.7. The standard InChI is InChI=1S/C19H20N2O2S/c1-15-18(24-14-20-15)10-13-23-19(22)17-8-5-11-21(17)12-9-16-6-3-2-4-7-16/h2-8,11,14H,9-10,12-13H2,1H3. The average molecular weight is 340 g/mol. The van der Waals surface area contributed by atoms with E-state index < -0.39 is 0 Å². The van der Waals surface area contributed by atoms with Crippen LogP contribution in [0.15, 0.2) is 54.2 Å². The Hall–Kier alpha value is -2.40. The number of thiazole rings is 1. The van der Waals surface area contributed by atoms with Gasteiger partial charge in [-0.05, 0) is 31.0 Å². The molecule has 0 aliphatic carbocycles. The van der Waals surface area contributed by atoms with Crippen molar-refractivity contribution in [2.75, 3.05) is 6.61 Å². The van der Waals surface area contributed by atoms with E-state index in [1.165, 1.54) is 10.4 Å². The van der Waals surface area contributed by atoms with E-state index in [0.29, 0.717) is 18.7 Å². The largest absolute Gasteiger partial charge is 0.461 e. The van der Waals surface area contributed by atoms with E-state index in [2.05, 4.69) is 17.1 Å². The van der Waals surface area contributed by atoms with Crippen LogP contribution in [0.5, 0.6) is 0 Å². The van der Waals surface area contributed by atoms with Gasteiger partial charge >= 0.3 is 5.97 Å². The minimum absolute atomic E-state index is 0.268. The van der Waals surface area contributed by atoms with Crippen LogP contribution in [0.25, 0.3) is 0 Å². The third-order valence-electron chi connectivity index (χ3n) is 3.93. The summed E-state index contributed by atoms with van der Waals surface area (Å²) in [4.78, 5) is 17.7. The molecule has 1 aromatic carbocycles. The lowest BCUT2D eigenvalue weighted by molar-refractivity contribution is 0.0497. The van der Waals surface area contributed by atoms with Crippen molar-refractivity contribution in [1.29, 1.82) is 0 Å². The summed E-state index contributed by atoms with van der Waals surface area (Å²) in [7, 11) is 0. The molecule has 0 aliphatic heterocycles. The summed E-state index contributed by atoms with van der Waals surface area (Å²) < 4.78 is 7.38. The fourth-order valence-corrected chi connectivity index (χ4v) is 3.33. The van der Waals surface area contributed by atoms with Gasteiger partial charge in [0.05, 0.1) is 17.8 Å². The first-order valence-corrected chi connectivity index (χ1v) is 8.87. The van der Waals surface area contributed by atoms with E-state index >= 15 is 0 Å². The Morgan fingerprint density at radius 3 is 2.75 bits per heavy atom. The van der Waals surface area contributed by atoms with Crippen LogP contribution in [-0.4, -0.2) is 22.1 Å². The fraction of sp³-hybridized carbons (Fsp3) is 0.263. The molecule has 0 spiro atoms. The Morgan fingerprint density at radius 1 is 1.17 bits per heavy atom. The van der Waals surface area contributed by atoms with Gasteiger partial charge in [0.15, 0.2) is 0 Å². The summed E-state index contributed by atoms with van der Waals surface area (Å²) in [5, 5.41) is 0. The normalized spacial score (nSPS) is 10.7. The van der Waals surface area contributed by atoms with Gasteiger partial charge in [0.25, 0.3) is 0 Å². The Bertz CT molecular complexity index is 793. The number of rotatable bonds is 7. The first kappa shape index (κ1) is 16.5. The molecular weight excluding hydrogens is 320 g/mol. The predicted molar refractivity (Wildman–Crippen MR) is 95.4 cm³/mol. The lowest BCUT2D eigenvalue weighted by Crippen LogP contribution is -2.14. The van der Waals surface area contributed by atoms with Crippen molar-refractivity contribution in [3.05, 3.63) is 76.0 Å². The number of carbonyl (C=O) groups is 1. The van der Waals surface area contributed by atoms with Gasteiger partial charge in [0.1, 0.15) is 5.69 Å². The summed E-state index contributed by atoms with van der Waals surface area (Å²) in [6, 6.07) is 14.0. The van der Waals surface area contributed by atoms with Crippen molar-refractivity contribution in [3.63, 3.8) is 0 Å². The Kier molecular flexibility index (Phi) is 5.43. The van der Waals surface area contributed by atoms with Crippen molar-refractivity contribution in [1.82, 2.24) is 9.55 Å². The summed E-state index contributed by atoms with van der Waals surface area (Å²) in [5.74, 6) is -0.268. The second kappa shape index (κ2) is 7.93. The summed E-state index contributed by atoms with van der Waals surface area (Å²) in [5.41, 5.74) is 4.70. The van der Waals surface area contributed by atoms with Crippen LogP contribution in [0.2, 0.25) is 0 Å². The molecule has 24 heavy (non-hydrogen) atoms. The van der Waals surface area contributed by atoms with Crippen LogP contribution < -0.4 is 0 Å². The molecule has 3 aromatic rings. The molecule has 0 bridgehead atoms. The van der Waals surface area contributed by atoms with Crippen LogP contribution in [0.1, 0.15) is 26.6 Å². The summed E-state index contributed by atoms with van der Waals surface area (Å²) >= 11 is 1.60. The number of esters is 1. The molecule has 2 aromatic heterocycles. The minimum Gasteiger partial charge on any atom is -0.461 e. The maximum Gasteiger partial charge on any atom is 0.354 e. The quantitative estimate of drug-likeness (QED) is 0.613. The highest BCUT2D eigenvalue weighted by Crippen LogP contribution is 2.13. The second-order valence-electron chi connectivity index (χ2n) is 5.57.